The van der Waals surface area contributed by atoms with Gasteiger partial charge in [0.05, 0.1) is 24.2 Å². The zero-order chi connectivity index (χ0) is 53.8. The van der Waals surface area contributed by atoms with Crippen LogP contribution in [-0.2, 0) is 41.6 Å². The molecule has 0 spiro atoms. The third kappa shape index (κ3) is 14.3. The molecular formula is C56H78Cl2N10O8. The normalized spacial score (nSPS) is 22.6. The molecule has 7 rings (SSSR count). The van der Waals surface area contributed by atoms with Crippen LogP contribution in [0.4, 0.5) is 0 Å². The first-order chi connectivity index (χ1) is 34.9. The molecule has 2 fully saturated rings. The molecule has 2 aliphatic heterocycles. The van der Waals surface area contributed by atoms with Gasteiger partial charge in [0.15, 0.2) is 0 Å². The summed E-state index contributed by atoms with van der Waals surface area (Å²) in [5.41, 5.74) is 14.9. The second-order valence-corrected chi connectivity index (χ2v) is 22.9. The van der Waals surface area contributed by atoms with Crippen molar-refractivity contribution in [1.82, 2.24) is 41.7 Å². The monoisotopic (exact) mass is 1090 g/mol. The van der Waals surface area contributed by atoms with E-state index in [0.29, 0.717) is 0 Å². The Morgan fingerprint density at radius 2 is 0.908 bits per heavy atom. The number of nitrogens with zero attached hydrogens (tertiary/aromatic N) is 2. The van der Waals surface area contributed by atoms with Crippen molar-refractivity contribution in [2.24, 2.45) is 22.3 Å². The highest BCUT2D eigenvalue weighted by Crippen LogP contribution is 2.34. The van der Waals surface area contributed by atoms with E-state index < -0.39 is 94.6 Å². The Balaban J connectivity index is 0.00000533. The number of nitrogens with one attached hydrogen (secondary N) is 6. The Morgan fingerprint density at radius 3 is 1.26 bits per heavy atom. The number of aryl methyl sites for hydroxylation is 2. The summed E-state index contributed by atoms with van der Waals surface area (Å²) >= 11 is 0. The Kier molecular flexibility index (Phi) is 20.3. The fraction of sp³-hybridized carbons (Fsp3) is 0.536. The number of hydrogen-bond acceptors (Lipinski definition) is 10. The Labute approximate surface area is 458 Å². The molecule has 0 saturated carbocycles. The van der Waals surface area contributed by atoms with Gasteiger partial charge in [-0.1, -0.05) is 96.1 Å². The zero-order valence-corrected chi connectivity index (χ0v) is 46.5. The van der Waals surface area contributed by atoms with Crippen molar-refractivity contribution in [2.45, 2.75) is 167 Å². The second kappa shape index (κ2) is 25.4. The van der Waals surface area contributed by atoms with Crippen molar-refractivity contribution in [2.75, 3.05) is 13.1 Å². The highest BCUT2D eigenvalue weighted by molar-refractivity contribution is 6.01. The number of hydrogen-bond donors (Lipinski definition) is 8. The maximum absolute atomic E-state index is 14.6. The van der Waals surface area contributed by atoms with Crippen molar-refractivity contribution in [1.29, 1.82) is 0 Å². The Hall–Kier alpha value is -6.08. The third-order valence-corrected chi connectivity index (χ3v) is 14.8. The van der Waals surface area contributed by atoms with E-state index in [1.165, 1.54) is 29.7 Å². The van der Waals surface area contributed by atoms with Gasteiger partial charge in [-0.2, -0.15) is 0 Å². The van der Waals surface area contributed by atoms with Gasteiger partial charge in [-0.25, -0.2) is 0 Å². The number of benzene rings is 3. The smallest absolute Gasteiger partial charge is 0.251 e. The minimum Gasteiger partial charge on any atom is -0.347 e. The first-order valence-electron chi connectivity index (χ1n) is 26.1. The molecule has 414 valence electrons. The van der Waals surface area contributed by atoms with Crippen LogP contribution in [0.25, 0.3) is 0 Å². The zero-order valence-electron chi connectivity index (χ0n) is 44.9. The number of rotatable bonds is 14. The van der Waals surface area contributed by atoms with E-state index in [0.717, 1.165) is 60.8 Å². The number of likely N-dealkylation sites (tertiary alicyclic amines) is 2. The molecule has 76 heavy (non-hydrogen) atoms. The molecule has 3 aromatic carbocycles. The summed E-state index contributed by atoms with van der Waals surface area (Å²) in [6.07, 6.45) is 5.15. The number of amides is 8. The van der Waals surface area contributed by atoms with Gasteiger partial charge in [0.1, 0.15) is 24.2 Å². The topological polar surface area (TPSA) is 267 Å². The standard InChI is InChI=1S/C56H76N10O8.2ClH/c1-31(57)47(67)63-45(55(3,4)5)53(73)65-29-37(27-43(65)51(71)61-41-24-14-18-33-16-9-11-22-39(33)41)59-49(69)35-20-13-21-36(26-35)50(70)60-38-28-44(52(72)62-42-25-15-19-34-17-10-12-23-40(34)42)66(30-38)54(74)46(56(6,7)8)64-48(68)32(2)58;;/h9-13,16-17,20-23,26,31-32,37-38,41-46H,14-15,18-19,24-25,27-30,57-58H2,1-8H3,(H,59,69)(H,60,70)(H,61,71)(H,62,72)(H,63,67)(H,64,68);2*1H/t31-,32-,37-,38-,41-,42-,43-,44-,45+,46+;;/m0../s1. The maximum atomic E-state index is 14.6. The van der Waals surface area contributed by atoms with Crippen LogP contribution in [0, 0.1) is 10.8 Å². The molecule has 2 saturated heterocycles. The van der Waals surface area contributed by atoms with Crippen LogP contribution in [0.5, 0.6) is 0 Å². The molecule has 2 aliphatic carbocycles. The van der Waals surface area contributed by atoms with E-state index in [4.69, 9.17) is 11.5 Å². The van der Waals surface area contributed by atoms with Gasteiger partial charge in [0.2, 0.25) is 35.4 Å². The summed E-state index contributed by atoms with van der Waals surface area (Å²) in [5.74, 6) is -3.85. The SMILES string of the molecule is C[C@H](N)C(=O)N[C@H](C(=O)N1C[C@@H](NC(=O)c2cccc(C(=O)N[C@H]3C[C@@H](C(=O)N[C@H]4CCCc5ccccc54)N(C(=O)[C@@H](NC(=O)[C@H](C)N)C(C)(C)C)C3)c2)C[C@H]1C(=O)N[C@H]1CCCc2ccccc21)C(C)(C)C.Cl.Cl. The van der Waals surface area contributed by atoms with Crippen molar-refractivity contribution in [3.63, 3.8) is 0 Å². The van der Waals surface area contributed by atoms with E-state index in [1.807, 2.05) is 77.9 Å². The van der Waals surface area contributed by atoms with Crippen LogP contribution < -0.4 is 43.4 Å². The van der Waals surface area contributed by atoms with Crippen LogP contribution in [0.3, 0.4) is 0 Å². The van der Waals surface area contributed by atoms with Gasteiger partial charge in [-0.05, 0) is 116 Å². The first kappa shape index (κ1) is 60.8. The van der Waals surface area contributed by atoms with Gasteiger partial charge < -0.3 is 53.2 Å². The minimum absolute atomic E-state index is 0. The van der Waals surface area contributed by atoms with Crippen LogP contribution in [0.15, 0.2) is 72.8 Å². The number of carbonyl (C=O) groups excluding carboxylic acids is 8. The first-order valence-corrected chi connectivity index (χ1v) is 26.1. The number of halogens is 2. The molecule has 20 heteroatoms. The van der Waals surface area contributed by atoms with Crippen molar-refractivity contribution in [3.05, 3.63) is 106 Å². The Morgan fingerprint density at radius 1 is 0.539 bits per heavy atom. The van der Waals surface area contributed by atoms with Crippen molar-refractivity contribution >= 4 is 72.1 Å². The summed E-state index contributed by atoms with van der Waals surface area (Å²) in [5, 5.41) is 18.0. The molecule has 0 bridgehead atoms. The molecule has 8 amide bonds. The van der Waals surface area contributed by atoms with Crippen molar-refractivity contribution in [3.8, 4) is 0 Å². The average molecular weight is 1090 g/mol. The number of fused-ring (bicyclic) bond motifs is 2. The van der Waals surface area contributed by atoms with Gasteiger partial charge >= 0.3 is 0 Å². The predicted molar refractivity (Wildman–Crippen MR) is 294 cm³/mol. The Bertz CT molecular complexity index is 2460. The summed E-state index contributed by atoms with van der Waals surface area (Å²) < 4.78 is 0. The van der Waals surface area contributed by atoms with E-state index in [1.54, 1.807) is 18.2 Å². The average Bonchev–Trinajstić information content (AvgIpc) is 3.98. The van der Waals surface area contributed by atoms with Gasteiger partial charge in [-0.15, -0.1) is 24.8 Å². The summed E-state index contributed by atoms with van der Waals surface area (Å²) in [7, 11) is 0. The molecule has 4 aliphatic rings. The van der Waals surface area contributed by atoms with Crippen LogP contribution in [-0.4, -0.2) is 118 Å². The molecule has 3 aromatic rings. The molecular weight excluding hydrogens is 1010 g/mol. The summed E-state index contributed by atoms with van der Waals surface area (Å²) in [4.78, 5) is 115. The molecule has 2 heterocycles. The van der Waals surface area contributed by atoms with E-state index in [9.17, 15) is 38.4 Å². The molecule has 18 nitrogen and oxygen atoms in total. The molecule has 0 unspecified atom stereocenters. The van der Waals surface area contributed by atoms with E-state index in [2.05, 4.69) is 44.0 Å². The highest BCUT2D eigenvalue weighted by atomic mass is 35.5. The van der Waals surface area contributed by atoms with Gasteiger partial charge in [-0.3, -0.25) is 38.4 Å². The molecule has 0 aromatic heterocycles. The maximum Gasteiger partial charge on any atom is 0.251 e. The summed E-state index contributed by atoms with van der Waals surface area (Å²) in [6, 6.07) is 14.3. The number of nitrogens with two attached hydrogens (primary N) is 2. The fourth-order valence-corrected chi connectivity index (χ4v) is 10.7. The molecule has 0 radical (unpaired) electrons. The highest BCUT2D eigenvalue weighted by Gasteiger charge is 2.48. The van der Waals surface area contributed by atoms with Crippen LogP contribution in [0.2, 0.25) is 0 Å². The quantitative estimate of drug-likeness (QED) is 0.115. The lowest BCUT2D eigenvalue weighted by atomic mass is 9.85. The van der Waals surface area contributed by atoms with Crippen LogP contribution in [0.1, 0.15) is 149 Å². The third-order valence-electron chi connectivity index (χ3n) is 14.8. The molecule has 10 N–H and O–H groups in total. The van der Waals surface area contributed by atoms with Crippen LogP contribution >= 0.6 is 24.8 Å². The van der Waals surface area contributed by atoms with Crippen molar-refractivity contribution < 1.29 is 38.4 Å². The number of carbonyl (C=O) groups is 8. The largest absolute Gasteiger partial charge is 0.347 e. The second-order valence-electron chi connectivity index (χ2n) is 22.9. The lowest BCUT2D eigenvalue weighted by Crippen LogP contribution is -2.59. The van der Waals surface area contributed by atoms with Gasteiger partial charge in [0, 0.05) is 36.3 Å². The summed E-state index contributed by atoms with van der Waals surface area (Å²) in [6.45, 7) is 13.9. The molecule has 10 atom stereocenters. The van der Waals surface area contributed by atoms with E-state index in [-0.39, 0.29) is 85.8 Å². The lowest BCUT2D eigenvalue weighted by molar-refractivity contribution is -0.144. The van der Waals surface area contributed by atoms with E-state index >= 15 is 0 Å². The van der Waals surface area contributed by atoms with Gasteiger partial charge in [0.25, 0.3) is 11.8 Å². The fourth-order valence-electron chi connectivity index (χ4n) is 10.7. The lowest BCUT2D eigenvalue weighted by Gasteiger charge is -2.36. The predicted octanol–water partition coefficient (Wildman–Crippen LogP) is 4.07. The minimum atomic E-state index is -1.04.